The Morgan fingerprint density at radius 1 is 1.25 bits per heavy atom. The van der Waals surface area contributed by atoms with Gasteiger partial charge in [-0.2, -0.15) is 0 Å². The number of carboxylic acids is 2. The minimum Gasteiger partial charge on any atom is -0.481 e. The van der Waals surface area contributed by atoms with Gasteiger partial charge in [0.2, 0.25) is 0 Å². The summed E-state index contributed by atoms with van der Waals surface area (Å²) in [6.07, 6.45) is 0.0254. The number of carboxylic acid groups (broad SMARTS) is 2. The fourth-order valence-corrected chi connectivity index (χ4v) is 1.86. The number of aliphatic carboxylic acids is 2. The Morgan fingerprint density at radius 3 is 2.35 bits per heavy atom. The van der Waals surface area contributed by atoms with Crippen molar-refractivity contribution in [1.29, 1.82) is 0 Å². The van der Waals surface area contributed by atoms with Crippen LogP contribution in [-0.2, 0) is 19.1 Å². The van der Waals surface area contributed by atoms with E-state index < -0.39 is 11.9 Å². The van der Waals surface area contributed by atoms with Crippen LogP contribution < -0.4 is 0 Å². The first-order valence-corrected chi connectivity index (χ1v) is 6.35. The summed E-state index contributed by atoms with van der Waals surface area (Å²) in [5.41, 5.74) is 0. The summed E-state index contributed by atoms with van der Waals surface area (Å²) in [5, 5.41) is 17.5. The van der Waals surface area contributed by atoms with E-state index in [9.17, 15) is 14.4 Å². The zero-order valence-corrected chi connectivity index (χ0v) is 11.8. The van der Waals surface area contributed by atoms with Crippen LogP contribution in [-0.4, -0.2) is 77.4 Å². The number of hydrogen-bond donors (Lipinski definition) is 2. The van der Waals surface area contributed by atoms with E-state index in [0.717, 1.165) is 0 Å². The predicted molar refractivity (Wildman–Crippen MR) is 70.2 cm³/mol. The second-order valence-electron chi connectivity index (χ2n) is 4.41. The molecule has 116 valence electrons. The lowest BCUT2D eigenvalue weighted by Crippen LogP contribution is -2.42. The number of carbonyl (C=O) groups is 3. The molecule has 0 amide bonds. The van der Waals surface area contributed by atoms with Crippen LogP contribution in [0, 0.1) is 0 Å². The standard InChI is InChI=1S/C12H22N2O6/c1-3-14(10(2)6-11(16)17)5-4-13(7-12(18)19)8-20-9-15/h9-10H,3-8H2,1-2H3,(H,16,17)(H,18,19). The Bertz CT molecular complexity index is 323. The summed E-state index contributed by atoms with van der Waals surface area (Å²) in [4.78, 5) is 34.9. The van der Waals surface area contributed by atoms with Gasteiger partial charge in [-0.1, -0.05) is 6.92 Å². The fraction of sp³-hybridized carbons (Fsp3) is 0.750. The first-order chi connectivity index (χ1) is 9.40. The molecule has 0 fully saturated rings. The molecule has 2 N–H and O–H groups in total. The molecule has 0 aliphatic rings. The molecule has 8 nitrogen and oxygen atoms in total. The monoisotopic (exact) mass is 290 g/mol. The second-order valence-corrected chi connectivity index (χ2v) is 4.41. The molecule has 0 saturated carbocycles. The van der Waals surface area contributed by atoms with Crippen molar-refractivity contribution in [2.24, 2.45) is 0 Å². The number of hydrogen-bond acceptors (Lipinski definition) is 6. The average molecular weight is 290 g/mol. The van der Waals surface area contributed by atoms with Crippen molar-refractivity contribution in [1.82, 2.24) is 9.80 Å². The number of rotatable bonds is 12. The Balaban J connectivity index is 4.35. The Morgan fingerprint density at radius 2 is 1.90 bits per heavy atom. The third-order valence-electron chi connectivity index (χ3n) is 2.89. The van der Waals surface area contributed by atoms with Crippen molar-refractivity contribution < 1.29 is 29.3 Å². The van der Waals surface area contributed by atoms with Crippen LogP contribution in [0.15, 0.2) is 0 Å². The summed E-state index contributed by atoms with van der Waals surface area (Å²) in [5.74, 6) is -1.89. The van der Waals surface area contributed by atoms with Gasteiger partial charge in [0.1, 0.15) is 6.73 Å². The number of ether oxygens (including phenoxy) is 1. The normalized spacial score (nSPS) is 12.4. The van der Waals surface area contributed by atoms with Crippen molar-refractivity contribution in [3.8, 4) is 0 Å². The van der Waals surface area contributed by atoms with Crippen LogP contribution in [0.5, 0.6) is 0 Å². The van der Waals surface area contributed by atoms with Gasteiger partial charge in [-0.25, -0.2) is 0 Å². The van der Waals surface area contributed by atoms with Gasteiger partial charge in [-0.15, -0.1) is 0 Å². The van der Waals surface area contributed by atoms with Crippen LogP contribution in [0.4, 0.5) is 0 Å². The molecule has 0 aromatic heterocycles. The summed E-state index contributed by atoms with van der Waals surface area (Å²) in [6, 6.07) is -0.142. The Labute approximate surface area is 117 Å². The summed E-state index contributed by atoms with van der Waals surface area (Å²) >= 11 is 0. The SMILES string of the molecule is CCN(CCN(COC=O)CC(=O)O)C(C)CC(=O)O. The second kappa shape index (κ2) is 10.2. The molecule has 0 aliphatic carbocycles. The molecule has 0 saturated heterocycles. The van der Waals surface area contributed by atoms with E-state index in [1.807, 2.05) is 11.8 Å². The largest absolute Gasteiger partial charge is 0.481 e. The minimum absolute atomic E-state index is 0.0254. The average Bonchev–Trinajstić information content (AvgIpc) is 2.34. The Kier molecular flexibility index (Phi) is 9.31. The highest BCUT2D eigenvalue weighted by Crippen LogP contribution is 2.04. The van der Waals surface area contributed by atoms with Crippen LogP contribution in [0.3, 0.4) is 0 Å². The van der Waals surface area contributed by atoms with Gasteiger partial charge in [0, 0.05) is 19.1 Å². The van der Waals surface area contributed by atoms with Gasteiger partial charge < -0.3 is 14.9 Å². The molecule has 0 heterocycles. The third kappa shape index (κ3) is 8.44. The smallest absolute Gasteiger partial charge is 0.317 e. The topological polar surface area (TPSA) is 107 Å². The molecule has 1 atom stereocenters. The van der Waals surface area contributed by atoms with Gasteiger partial charge in [-0.3, -0.25) is 24.2 Å². The highest BCUT2D eigenvalue weighted by molar-refractivity contribution is 5.69. The van der Waals surface area contributed by atoms with Crippen LogP contribution in [0.25, 0.3) is 0 Å². The molecule has 0 aromatic carbocycles. The van der Waals surface area contributed by atoms with E-state index in [-0.39, 0.29) is 32.2 Å². The third-order valence-corrected chi connectivity index (χ3v) is 2.89. The lowest BCUT2D eigenvalue weighted by atomic mass is 10.2. The molecule has 0 aromatic rings. The van der Waals surface area contributed by atoms with E-state index in [1.54, 1.807) is 6.92 Å². The van der Waals surface area contributed by atoms with Crippen molar-refractivity contribution in [2.75, 3.05) is 32.9 Å². The summed E-state index contributed by atoms with van der Waals surface area (Å²) < 4.78 is 4.56. The van der Waals surface area contributed by atoms with Crippen molar-refractivity contribution in [2.45, 2.75) is 26.3 Å². The van der Waals surface area contributed by atoms with E-state index in [2.05, 4.69) is 4.74 Å². The van der Waals surface area contributed by atoms with Crippen molar-refractivity contribution in [3.63, 3.8) is 0 Å². The van der Waals surface area contributed by atoms with Crippen molar-refractivity contribution in [3.05, 3.63) is 0 Å². The van der Waals surface area contributed by atoms with Crippen LogP contribution in [0.2, 0.25) is 0 Å². The lowest BCUT2D eigenvalue weighted by molar-refractivity contribution is -0.143. The summed E-state index contributed by atoms with van der Waals surface area (Å²) in [7, 11) is 0. The predicted octanol–water partition coefficient (Wildman–Crippen LogP) is -0.311. The van der Waals surface area contributed by atoms with E-state index >= 15 is 0 Å². The zero-order chi connectivity index (χ0) is 15.5. The van der Waals surface area contributed by atoms with E-state index in [1.165, 1.54) is 4.90 Å². The molecule has 0 aliphatic heterocycles. The zero-order valence-electron chi connectivity index (χ0n) is 11.8. The van der Waals surface area contributed by atoms with Crippen LogP contribution in [0.1, 0.15) is 20.3 Å². The van der Waals surface area contributed by atoms with Gasteiger partial charge in [0.25, 0.3) is 6.47 Å². The number of likely N-dealkylation sites (N-methyl/N-ethyl adjacent to an activating group) is 1. The molecule has 0 radical (unpaired) electrons. The summed E-state index contributed by atoms with van der Waals surface area (Å²) in [6.45, 7) is 5.17. The highest BCUT2D eigenvalue weighted by Gasteiger charge is 2.17. The number of nitrogens with zero attached hydrogens (tertiary/aromatic N) is 2. The minimum atomic E-state index is -1.01. The maximum Gasteiger partial charge on any atom is 0.317 e. The molecule has 0 bridgehead atoms. The maximum atomic E-state index is 10.7. The molecule has 1 unspecified atom stereocenters. The molecular formula is C12H22N2O6. The van der Waals surface area contributed by atoms with E-state index in [0.29, 0.717) is 19.6 Å². The van der Waals surface area contributed by atoms with Gasteiger partial charge in [0.05, 0.1) is 13.0 Å². The van der Waals surface area contributed by atoms with E-state index in [4.69, 9.17) is 10.2 Å². The molecular weight excluding hydrogens is 268 g/mol. The quantitative estimate of drug-likeness (QED) is 0.372. The van der Waals surface area contributed by atoms with Gasteiger partial charge >= 0.3 is 11.9 Å². The maximum absolute atomic E-state index is 10.7. The number of carbonyl (C=O) groups excluding carboxylic acids is 1. The lowest BCUT2D eigenvalue weighted by Gasteiger charge is -2.29. The van der Waals surface area contributed by atoms with Crippen LogP contribution >= 0.6 is 0 Å². The molecule has 0 rings (SSSR count). The highest BCUT2D eigenvalue weighted by atomic mass is 16.5. The molecule has 0 spiro atoms. The fourth-order valence-electron chi connectivity index (χ4n) is 1.86. The molecule has 8 heteroatoms. The van der Waals surface area contributed by atoms with Gasteiger partial charge in [-0.05, 0) is 13.5 Å². The molecule has 20 heavy (non-hydrogen) atoms. The first kappa shape index (κ1) is 18.3. The first-order valence-electron chi connectivity index (χ1n) is 6.35. The van der Waals surface area contributed by atoms with Crippen molar-refractivity contribution >= 4 is 18.4 Å². The Hall–Kier alpha value is -1.67. The van der Waals surface area contributed by atoms with Gasteiger partial charge in [0.15, 0.2) is 0 Å².